The van der Waals surface area contributed by atoms with Gasteiger partial charge < -0.3 is 15.0 Å². The summed E-state index contributed by atoms with van der Waals surface area (Å²) in [5.41, 5.74) is 1.12. The van der Waals surface area contributed by atoms with Crippen LogP contribution in [-0.4, -0.2) is 36.5 Å². The van der Waals surface area contributed by atoms with Crippen LogP contribution < -0.4 is 10.1 Å². The zero-order valence-corrected chi connectivity index (χ0v) is 14.9. The van der Waals surface area contributed by atoms with Crippen molar-refractivity contribution < 1.29 is 9.53 Å². The number of carbonyl (C=O) groups is 1. The lowest BCUT2D eigenvalue weighted by molar-refractivity contribution is -0.137. The fourth-order valence-electron chi connectivity index (χ4n) is 2.07. The zero-order chi connectivity index (χ0) is 15.8. The second-order valence-corrected chi connectivity index (χ2v) is 5.66. The standard InChI is InChI=1S/C16H25BrN2O2/c1-5-18-11-13-10-14(8-9-15(13)17)21-12(4)16(20)19(6-2)7-3/h8-10,12,18H,5-7,11H2,1-4H3. The van der Waals surface area contributed by atoms with Crippen LogP contribution in [-0.2, 0) is 11.3 Å². The molecule has 1 unspecified atom stereocenters. The van der Waals surface area contributed by atoms with Gasteiger partial charge in [-0.3, -0.25) is 4.79 Å². The van der Waals surface area contributed by atoms with Gasteiger partial charge in [-0.1, -0.05) is 22.9 Å². The first kappa shape index (κ1) is 18.0. The molecule has 0 spiro atoms. The highest BCUT2D eigenvalue weighted by molar-refractivity contribution is 9.10. The minimum absolute atomic E-state index is 0.0242. The number of rotatable bonds is 8. The van der Waals surface area contributed by atoms with E-state index in [0.29, 0.717) is 13.1 Å². The maximum atomic E-state index is 12.2. The molecule has 21 heavy (non-hydrogen) atoms. The Morgan fingerprint density at radius 3 is 2.57 bits per heavy atom. The molecule has 0 fully saturated rings. The van der Waals surface area contributed by atoms with Gasteiger partial charge in [-0.2, -0.15) is 0 Å². The second-order valence-electron chi connectivity index (χ2n) is 4.80. The van der Waals surface area contributed by atoms with Gasteiger partial charge in [-0.25, -0.2) is 0 Å². The highest BCUT2D eigenvalue weighted by Gasteiger charge is 2.19. The predicted octanol–water partition coefficient (Wildman–Crippen LogP) is 3.19. The van der Waals surface area contributed by atoms with Crippen LogP contribution in [0, 0.1) is 0 Å². The quantitative estimate of drug-likeness (QED) is 0.777. The molecule has 0 saturated heterocycles. The molecule has 4 nitrogen and oxygen atoms in total. The number of nitrogens with one attached hydrogen (secondary N) is 1. The van der Waals surface area contributed by atoms with Crippen molar-refractivity contribution in [1.29, 1.82) is 0 Å². The molecule has 1 aromatic carbocycles. The van der Waals surface area contributed by atoms with Gasteiger partial charge in [0.1, 0.15) is 5.75 Å². The topological polar surface area (TPSA) is 41.6 Å². The van der Waals surface area contributed by atoms with Crippen LogP contribution >= 0.6 is 15.9 Å². The van der Waals surface area contributed by atoms with Gasteiger partial charge >= 0.3 is 0 Å². The summed E-state index contributed by atoms with van der Waals surface area (Å²) in [5, 5.41) is 3.28. The van der Waals surface area contributed by atoms with E-state index in [4.69, 9.17) is 4.74 Å². The Kier molecular flexibility index (Phi) is 7.75. The van der Waals surface area contributed by atoms with Gasteiger partial charge in [0, 0.05) is 24.1 Å². The molecule has 1 rings (SSSR count). The molecule has 1 aromatic rings. The maximum Gasteiger partial charge on any atom is 0.263 e. The number of amides is 1. The van der Waals surface area contributed by atoms with E-state index in [1.165, 1.54) is 0 Å². The monoisotopic (exact) mass is 356 g/mol. The molecule has 118 valence electrons. The van der Waals surface area contributed by atoms with E-state index in [-0.39, 0.29) is 5.91 Å². The van der Waals surface area contributed by atoms with Gasteiger partial charge in [0.15, 0.2) is 6.10 Å². The fraction of sp³-hybridized carbons (Fsp3) is 0.562. The Balaban J connectivity index is 2.75. The molecule has 0 radical (unpaired) electrons. The number of ether oxygens (including phenoxy) is 1. The molecule has 0 heterocycles. The van der Waals surface area contributed by atoms with Crippen LogP contribution in [0.1, 0.15) is 33.3 Å². The van der Waals surface area contributed by atoms with Gasteiger partial charge in [0.25, 0.3) is 5.91 Å². The molecule has 0 aliphatic rings. The molecule has 1 N–H and O–H groups in total. The molecule has 0 aliphatic heterocycles. The Morgan fingerprint density at radius 1 is 1.33 bits per heavy atom. The van der Waals surface area contributed by atoms with Crippen LogP contribution in [0.4, 0.5) is 0 Å². The van der Waals surface area contributed by atoms with Crippen molar-refractivity contribution in [3.8, 4) is 5.75 Å². The lowest BCUT2D eigenvalue weighted by Gasteiger charge is -2.23. The summed E-state index contributed by atoms with van der Waals surface area (Å²) in [5.74, 6) is 0.746. The van der Waals surface area contributed by atoms with Crippen LogP contribution in [0.15, 0.2) is 22.7 Å². The third-order valence-corrected chi connectivity index (χ3v) is 4.09. The van der Waals surface area contributed by atoms with Gasteiger partial charge in [-0.15, -0.1) is 0 Å². The molecule has 1 amide bonds. The largest absolute Gasteiger partial charge is 0.481 e. The number of nitrogens with zero attached hydrogens (tertiary/aromatic N) is 1. The van der Waals surface area contributed by atoms with E-state index in [1.807, 2.05) is 32.0 Å². The maximum absolute atomic E-state index is 12.2. The molecule has 5 heteroatoms. The third-order valence-electron chi connectivity index (χ3n) is 3.32. The summed E-state index contributed by atoms with van der Waals surface area (Å²) in [6.45, 7) is 10.9. The van der Waals surface area contributed by atoms with E-state index >= 15 is 0 Å². The SMILES string of the molecule is CCNCc1cc(OC(C)C(=O)N(CC)CC)ccc1Br. The van der Waals surface area contributed by atoms with Gasteiger partial charge in [0.05, 0.1) is 0 Å². The van der Waals surface area contributed by atoms with E-state index in [9.17, 15) is 4.79 Å². The summed E-state index contributed by atoms with van der Waals surface area (Å²) < 4.78 is 6.84. The van der Waals surface area contributed by atoms with E-state index in [2.05, 4.69) is 28.2 Å². The average Bonchev–Trinajstić information content (AvgIpc) is 2.48. The van der Waals surface area contributed by atoms with Gasteiger partial charge in [-0.05, 0) is 51.1 Å². The Morgan fingerprint density at radius 2 is 2.00 bits per heavy atom. The van der Waals surface area contributed by atoms with Crippen LogP contribution in [0.25, 0.3) is 0 Å². The Hall–Kier alpha value is -1.07. The second kappa shape index (κ2) is 9.05. The molecule has 0 bridgehead atoms. The third kappa shape index (κ3) is 5.32. The van der Waals surface area contributed by atoms with Crippen molar-refractivity contribution in [2.75, 3.05) is 19.6 Å². The van der Waals surface area contributed by atoms with Crippen molar-refractivity contribution in [3.63, 3.8) is 0 Å². The summed E-state index contributed by atoms with van der Waals surface area (Å²) in [6.07, 6.45) is -0.474. The van der Waals surface area contributed by atoms with Crippen molar-refractivity contribution in [2.24, 2.45) is 0 Å². The lowest BCUT2D eigenvalue weighted by atomic mass is 10.2. The van der Waals surface area contributed by atoms with E-state index < -0.39 is 6.10 Å². The summed E-state index contributed by atoms with van der Waals surface area (Å²) in [6, 6.07) is 5.81. The highest BCUT2D eigenvalue weighted by atomic mass is 79.9. The summed E-state index contributed by atoms with van der Waals surface area (Å²) in [7, 11) is 0. The zero-order valence-electron chi connectivity index (χ0n) is 13.3. The smallest absolute Gasteiger partial charge is 0.263 e. The summed E-state index contributed by atoms with van der Waals surface area (Å²) in [4.78, 5) is 14.0. The van der Waals surface area contributed by atoms with Crippen molar-refractivity contribution in [3.05, 3.63) is 28.2 Å². The van der Waals surface area contributed by atoms with Crippen molar-refractivity contribution >= 4 is 21.8 Å². The first-order valence-electron chi connectivity index (χ1n) is 7.48. The Labute approximate surface area is 136 Å². The van der Waals surface area contributed by atoms with Crippen LogP contribution in [0.3, 0.4) is 0 Å². The average molecular weight is 357 g/mol. The Bertz CT molecular complexity index is 462. The number of hydrogen-bond donors (Lipinski definition) is 1. The van der Waals surface area contributed by atoms with Crippen LogP contribution in [0.2, 0.25) is 0 Å². The first-order valence-corrected chi connectivity index (χ1v) is 8.27. The minimum atomic E-state index is -0.474. The number of hydrogen-bond acceptors (Lipinski definition) is 3. The molecule has 0 aromatic heterocycles. The van der Waals surface area contributed by atoms with Crippen molar-refractivity contribution in [1.82, 2.24) is 10.2 Å². The molecule has 1 atom stereocenters. The highest BCUT2D eigenvalue weighted by Crippen LogP contribution is 2.23. The fourth-order valence-corrected chi connectivity index (χ4v) is 2.45. The first-order chi connectivity index (χ1) is 10.0. The minimum Gasteiger partial charge on any atom is -0.481 e. The molecule has 0 saturated carbocycles. The number of halogens is 1. The van der Waals surface area contributed by atoms with E-state index in [1.54, 1.807) is 11.8 Å². The number of likely N-dealkylation sites (N-methyl/N-ethyl adjacent to an activating group) is 1. The van der Waals surface area contributed by atoms with Crippen LogP contribution in [0.5, 0.6) is 5.75 Å². The molecule has 0 aliphatic carbocycles. The van der Waals surface area contributed by atoms with E-state index in [0.717, 1.165) is 28.9 Å². The summed E-state index contributed by atoms with van der Waals surface area (Å²) >= 11 is 3.53. The number of benzene rings is 1. The molecular weight excluding hydrogens is 332 g/mol. The molecular formula is C16H25BrN2O2. The van der Waals surface area contributed by atoms with Gasteiger partial charge in [0.2, 0.25) is 0 Å². The van der Waals surface area contributed by atoms with Crippen molar-refractivity contribution in [2.45, 2.75) is 40.3 Å². The normalized spacial score (nSPS) is 12.0. The lowest BCUT2D eigenvalue weighted by Crippen LogP contribution is -2.40. The predicted molar refractivity (Wildman–Crippen MR) is 89.5 cm³/mol. The number of carbonyl (C=O) groups excluding carboxylic acids is 1.